The number of aromatic hydroxyl groups is 3. The summed E-state index contributed by atoms with van der Waals surface area (Å²) in [5, 5.41) is 29.8. The minimum absolute atomic E-state index is 0.00725. The molecule has 0 spiro atoms. The molecule has 30 heavy (non-hydrogen) atoms. The van der Waals surface area contributed by atoms with Gasteiger partial charge in [0.05, 0.1) is 12.1 Å². The molecule has 3 N–H and O–H groups in total. The highest BCUT2D eigenvalue weighted by atomic mass is 16.3. The van der Waals surface area contributed by atoms with E-state index in [9.17, 15) is 15.3 Å². The molecule has 1 fully saturated rings. The summed E-state index contributed by atoms with van der Waals surface area (Å²) in [4.78, 5) is 11.6. The second-order valence-electron chi connectivity index (χ2n) is 7.63. The standard InChI is InChI=1S/C24H31N3O3/c1-3-27(4-2)19-11-9-17(23(29)13-19)15-25-21-7-5-6-8-22(21)26-16-18-10-12-20(28)14-24(18)30/h9-16,21-22,28-30H,3-8H2,1-2H3/b25-15+,26-16+/t21-,22-/m1/s1. The molecule has 6 heteroatoms. The minimum Gasteiger partial charge on any atom is -0.508 e. The van der Waals surface area contributed by atoms with Crippen molar-refractivity contribution in [3.05, 3.63) is 47.5 Å². The fourth-order valence-corrected chi connectivity index (χ4v) is 3.86. The largest absolute Gasteiger partial charge is 0.508 e. The number of phenols is 3. The van der Waals surface area contributed by atoms with Crippen molar-refractivity contribution in [2.45, 2.75) is 51.6 Å². The van der Waals surface area contributed by atoms with Gasteiger partial charge in [-0.05, 0) is 51.0 Å². The molecule has 1 aliphatic rings. The summed E-state index contributed by atoms with van der Waals surface area (Å²) in [6, 6.07) is 10.3. The Labute approximate surface area is 178 Å². The average Bonchev–Trinajstić information content (AvgIpc) is 2.74. The van der Waals surface area contributed by atoms with Crippen molar-refractivity contribution in [3.63, 3.8) is 0 Å². The molecule has 0 aromatic heterocycles. The first-order chi connectivity index (χ1) is 14.5. The van der Waals surface area contributed by atoms with E-state index < -0.39 is 0 Å². The molecule has 0 saturated heterocycles. The molecule has 2 atom stereocenters. The lowest BCUT2D eigenvalue weighted by Gasteiger charge is -2.25. The maximum absolute atomic E-state index is 10.4. The van der Waals surface area contributed by atoms with Gasteiger partial charge in [-0.1, -0.05) is 12.8 Å². The van der Waals surface area contributed by atoms with Crippen molar-refractivity contribution in [1.82, 2.24) is 0 Å². The number of anilines is 1. The Balaban J connectivity index is 1.73. The number of benzene rings is 2. The molecule has 2 aromatic carbocycles. The van der Waals surface area contributed by atoms with Gasteiger partial charge in [0, 0.05) is 54.5 Å². The van der Waals surface area contributed by atoms with Gasteiger partial charge in [0.15, 0.2) is 0 Å². The monoisotopic (exact) mass is 409 g/mol. The predicted molar refractivity (Wildman–Crippen MR) is 123 cm³/mol. The minimum atomic E-state index is 0.00725. The van der Waals surface area contributed by atoms with Gasteiger partial charge in [-0.25, -0.2) is 0 Å². The summed E-state index contributed by atoms with van der Waals surface area (Å²) in [5.41, 5.74) is 2.28. The van der Waals surface area contributed by atoms with Gasteiger partial charge in [-0.2, -0.15) is 0 Å². The van der Waals surface area contributed by atoms with E-state index in [0.717, 1.165) is 44.5 Å². The fourth-order valence-electron chi connectivity index (χ4n) is 3.86. The zero-order valence-electron chi connectivity index (χ0n) is 17.7. The van der Waals surface area contributed by atoms with Crippen molar-refractivity contribution >= 4 is 18.1 Å². The maximum atomic E-state index is 10.4. The second-order valence-corrected chi connectivity index (χ2v) is 7.63. The summed E-state index contributed by atoms with van der Waals surface area (Å²) in [5.74, 6) is 0.262. The average molecular weight is 410 g/mol. The molecule has 0 aliphatic heterocycles. The van der Waals surface area contributed by atoms with Crippen LogP contribution in [-0.4, -0.2) is 52.9 Å². The number of hydrogen-bond acceptors (Lipinski definition) is 6. The van der Waals surface area contributed by atoms with E-state index in [1.54, 1.807) is 24.6 Å². The van der Waals surface area contributed by atoms with Crippen LogP contribution in [0.5, 0.6) is 17.2 Å². The third-order valence-electron chi connectivity index (χ3n) is 5.66. The van der Waals surface area contributed by atoms with Crippen LogP contribution >= 0.6 is 0 Å². The maximum Gasteiger partial charge on any atom is 0.128 e. The zero-order valence-corrected chi connectivity index (χ0v) is 17.7. The van der Waals surface area contributed by atoms with Crippen LogP contribution in [0.2, 0.25) is 0 Å². The van der Waals surface area contributed by atoms with Crippen LogP contribution in [0.25, 0.3) is 0 Å². The van der Waals surface area contributed by atoms with Gasteiger partial charge < -0.3 is 20.2 Å². The molecule has 1 aliphatic carbocycles. The van der Waals surface area contributed by atoms with Gasteiger partial charge in [0.1, 0.15) is 17.2 Å². The SMILES string of the molecule is CCN(CC)c1ccc(/C=N/[C@@H]2CCCC[C@H]2/N=C/c2ccc(O)cc2O)c(O)c1. The lowest BCUT2D eigenvalue weighted by Crippen LogP contribution is -2.27. The number of nitrogens with zero attached hydrogens (tertiary/aromatic N) is 3. The van der Waals surface area contributed by atoms with Crippen LogP contribution in [-0.2, 0) is 0 Å². The van der Waals surface area contributed by atoms with Gasteiger partial charge in [-0.15, -0.1) is 0 Å². The van der Waals surface area contributed by atoms with E-state index >= 15 is 0 Å². The highest BCUT2D eigenvalue weighted by Crippen LogP contribution is 2.27. The topological polar surface area (TPSA) is 88.7 Å². The van der Waals surface area contributed by atoms with Crippen molar-refractivity contribution in [1.29, 1.82) is 0 Å². The highest BCUT2D eigenvalue weighted by molar-refractivity contribution is 5.85. The van der Waals surface area contributed by atoms with Crippen LogP contribution < -0.4 is 4.90 Å². The van der Waals surface area contributed by atoms with Crippen molar-refractivity contribution in [2.24, 2.45) is 9.98 Å². The summed E-state index contributed by atoms with van der Waals surface area (Å²) in [6.45, 7) is 5.97. The molecule has 0 amide bonds. The molecule has 3 rings (SSSR count). The normalized spacial score (nSPS) is 19.5. The predicted octanol–water partition coefficient (Wildman–Crippen LogP) is 4.50. The molecule has 6 nitrogen and oxygen atoms in total. The zero-order chi connectivity index (χ0) is 21.5. The Morgan fingerprint density at radius 2 is 1.37 bits per heavy atom. The lowest BCUT2D eigenvalue weighted by atomic mass is 9.91. The molecular formula is C24H31N3O3. The Hall–Kier alpha value is -3.02. The van der Waals surface area contributed by atoms with Crippen LogP contribution in [0.3, 0.4) is 0 Å². The molecule has 0 unspecified atom stereocenters. The summed E-state index contributed by atoms with van der Waals surface area (Å²) < 4.78 is 0. The van der Waals surface area contributed by atoms with Gasteiger partial charge in [-0.3, -0.25) is 9.98 Å². The molecule has 160 valence electrons. The summed E-state index contributed by atoms with van der Waals surface area (Å²) in [6.07, 6.45) is 7.48. The van der Waals surface area contributed by atoms with E-state index in [-0.39, 0.29) is 29.3 Å². The Morgan fingerprint density at radius 3 is 1.87 bits per heavy atom. The van der Waals surface area contributed by atoms with Crippen LogP contribution in [0.15, 0.2) is 46.4 Å². The Bertz CT molecular complexity index is 907. The number of rotatable bonds is 7. The van der Waals surface area contributed by atoms with E-state index in [4.69, 9.17) is 4.99 Å². The smallest absolute Gasteiger partial charge is 0.128 e. The fraction of sp³-hybridized carbons (Fsp3) is 0.417. The first-order valence-electron chi connectivity index (χ1n) is 10.7. The third kappa shape index (κ3) is 5.32. The van der Waals surface area contributed by atoms with Crippen molar-refractivity contribution in [2.75, 3.05) is 18.0 Å². The summed E-state index contributed by atoms with van der Waals surface area (Å²) >= 11 is 0. The van der Waals surface area contributed by atoms with Crippen molar-refractivity contribution in [3.8, 4) is 17.2 Å². The van der Waals surface area contributed by atoms with Crippen LogP contribution in [0.4, 0.5) is 5.69 Å². The van der Waals surface area contributed by atoms with Gasteiger partial charge in [0.2, 0.25) is 0 Å². The second kappa shape index (κ2) is 10.1. The van der Waals surface area contributed by atoms with E-state index in [0.29, 0.717) is 11.1 Å². The highest BCUT2D eigenvalue weighted by Gasteiger charge is 2.23. The van der Waals surface area contributed by atoms with Crippen LogP contribution in [0.1, 0.15) is 50.7 Å². The Morgan fingerprint density at radius 1 is 0.833 bits per heavy atom. The third-order valence-corrected chi connectivity index (χ3v) is 5.66. The Kier molecular flexibility index (Phi) is 7.33. The number of hydrogen-bond donors (Lipinski definition) is 3. The first-order valence-corrected chi connectivity index (χ1v) is 10.7. The molecule has 0 bridgehead atoms. The van der Waals surface area contributed by atoms with E-state index in [2.05, 4.69) is 23.7 Å². The van der Waals surface area contributed by atoms with Crippen LogP contribution in [0, 0.1) is 0 Å². The molecule has 2 aromatic rings. The number of aliphatic imine (C=N–C) groups is 2. The molecule has 1 saturated carbocycles. The molecular weight excluding hydrogens is 378 g/mol. The van der Waals surface area contributed by atoms with E-state index in [1.165, 1.54) is 12.1 Å². The molecule has 0 heterocycles. The first kappa shape index (κ1) is 21.7. The number of phenolic OH excluding ortho intramolecular Hbond substituents is 3. The van der Waals surface area contributed by atoms with E-state index in [1.807, 2.05) is 12.1 Å². The van der Waals surface area contributed by atoms with Gasteiger partial charge in [0.25, 0.3) is 0 Å². The van der Waals surface area contributed by atoms with Gasteiger partial charge >= 0.3 is 0 Å². The quantitative estimate of drug-likeness (QED) is 0.588. The lowest BCUT2D eigenvalue weighted by molar-refractivity contribution is 0.390. The van der Waals surface area contributed by atoms with Crippen molar-refractivity contribution < 1.29 is 15.3 Å². The summed E-state index contributed by atoms with van der Waals surface area (Å²) in [7, 11) is 0. The molecule has 0 radical (unpaired) electrons.